The lowest BCUT2D eigenvalue weighted by Gasteiger charge is -2.39. The molecule has 3 unspecified atom stereocenters. The number of methoxy groups -OCH3 is 2. The van der Waals surface area contributed by atoms with Crippen LogP contribution in [0.2, 0.25) is 0 Å². The topological polar surface area (TPSA) is 30.9 Å². The smallest absolute Gasteiger partial charge is 0.166 e. The van der Waals surface area contributed by atoms with Crippen LogP contribution in [0.25, 0.3) is 0 Å². The minimum atomic E-state index is -0.0478. The molecular weight excluding hydrogens is 302 g/mol. The summed E-state index contributed by atoms with van der Waals surface area (Å²) in [4.78, 5) is 2.42. The van der Waals surface area contributed by atoms with Gasteiger partial charge in [0, 0.05) is 25.6 Å². The Hall–Kier alpha value is -1.52. The molecule has 1 aromatic carbocycles. The van der Waals surface area contributed by atoms with E-state index in [-0.39, 0.29) is 17.6 Å². The van der Waals surface area contributed by atoms with Crippen molar-refractivity contribution in [2.24, 2.45) is 0 Å². The van der Waals surface area contributed by atoms with E-state index in [2.05, 4.69) is 37.9 Å². The second kappa shape index (κ2) is 5.50. The van der Waals surface area contributed by atoms with Crippen molar-refractivity contribution in [1.82, 2.24) is 4.90 Å². The summed E-state index contributed by atoms with van der Waals surface area (Å²) >= 11 is 0. The van der Waals surface area contributed by atoms with Crippen LogP contribution >= 0.6 is 0 Å². The quantitative estimate of drug-likeness (QED) is 0.780. The molecule has 4 rings (SSSR count). The van der Waals surface area contributed by atoms with E-state index < -0.39 is 0 Å². The molecule has 4 heteroatoms. The van der Waals surface area contributed by atoms with Crippen molar-refractivity contribution in [2.75, 3.05) is 27.8 Å². The summed E-state index contributed by atoms with van der Waals surface area (Å²) in [5.41, 5.74) is 5.34. The summed E-state index contributed by atoms with van der Waals surface area (Å²) in [6, 6.07) is 2.13. The van der Waals surface area contributed by atoms with Gasteiger partial charge in [-0.3, -0.25) is 0 Å². The molecule has 0 radical (unpaired) electrons. The Morgan fingerprint density at radius 3 is 2.79 bits per heavy atom. The van der Waals surface area contributed by atoms with Crippen LogP contribution in [-0.4, -0.2) is 44.9 Å². The Bertz CT molecular complexity index is 711. The zero-order valence-corrected chi connectivity index (χ0v) is 15.3. The van der Waals surface area contributed by atoms with E-state index >= 15 is 0 Å². The molecule has 24 heavy (non-hydrogen) atoms. The molecule has 130 valence electrons. The zero-order chi connectivity index (χ0) is 17.1. The molecule has 3 atom stereocenters. The summed E-state index contributed by atoms with van der Waals surface area (Å²) in [5, 5.41) is 0. The lowest BCUT2D eigenvalue weighted by Crippen LogP contribution is -2.44. The van der Waals surface area contributed by atoms with Crippen molar-refractivity contribution in [1.29, 1.82) is 0 Å². The first-order valence-electron chi connectivity index (χ1n) is 8.78. The summed E-state index contributed by atoms with van der Waals surface area (Å²) in [6.07, 6.45) is 4.68. The average Bonchev–Trinajstić information content (AvgIpc) is 2.80. The Morgan fingerprint density at radius 2 is 2.08 bits per heavy atom. The summed E-state index contributed by atoms with van der Waals surface area (Å²) < 4.78 is 17.9. The number of rotatable bonds is 2. The van der Waals surface area contributed by atoms with Crippen molar-refractivity contribution in [3.63, 3.8) is 0 Å². The van der Waals surface area contributed by atoms with Crippen LogP contribution in [0.4, 0.5) is 0 Å². The fourth-order valence-electron chi connectivity index (χ4n) is 4.85. The third-order valence-corrected chi connectivity index (χ3v) is 6.14. The molecule has 0 aromatic heterocycles. The summed E-state index contributed by atoms with van der Waals surface area (Å²) in [7, 11) is 5.73. The number of benzene rings is 1. The molecule has 3 aliphatic rings. The van der Waals surface area contributed by atoms with E-state index in [4.69, 9.17) is 14.2 Å². The average molecular weight is 329 g/mol. The Balaban J connectivity index is 1.98. The third kappa shape index (κ3) is 2.06. The number of hydrogen-bond acceptors (Lipinski definition) is 4. The van der Waals surface area contributed by atoms with Gasteiger partial charge in [0.05, 0.1) is 18.6 Å². The van der Waals surface area contributed by atoms with Gasteiger partial charge in [-0.05, 0) is 56.6 Å². The standard InChI is InChI=1S/C20H27NO3/c1-12-8-16(23-5)19-18-14(12)11-21(3)7-6-20(18)10-13(2)15(22-4)9-17(20)24-19/h8,10,15,17H,6-7,9,11H2,1-5H3. The molecule has 0 fully saturated rings. The molecule has 0 saturated heterocycles. The predicted molar refractivity (Wildman–Crippen MR) is 93.9 cm³/mol. The number of nitrogens with zero attached hydrogens (tertiary/aromatic N) is 1. The largest absolute Gasteiger partial charge is 0.493 e. The van der Waals surface area contributed by atoms with Gasteiger partial charge < -0.3 is 19.1 Å². The van der Waals surface area contributed by atoms with Crippen LogP contribution in [-0.2, 0) is 16.7 Å². The highest BCUT2D eigenvalue weighted by atomic mass is 16.5. The molecule has 0 bridgehead atoms. The van der Waals surface area contributed by atoms with Gasteiger partial charge in [-0.25, -0.2) is 0 Å². The van der Waals surface area contributed by atoms with Crippen LogP contribution in [0, 0.1) is 6.92 Å². The van der Waals surface area contributed by atoms with E-state index in [1.165, 1.54) is 22.3 Å². The summed E-state index contributed by atoms with van der Waals surface area (Å²) in [6.45, 7) is 6.42. The number of hydrogen-bond donors (Lipinski definition) is 0. The van der Waals surface area contributed by atoms with Gasteiger partial charge in [0.1, 0.15) is 6.10 Å². The van der Waals surface area contributed by atoms with Crippen molar-refractivity contribution in [2.45, 2.75) is 50.9 Å². The monoisotopic (exact) mass is 329 g/mol. The van der Waals surface area contributed by atoms with Gasteiger partial charge in [0.2, 0.25) is 0 Å². The first kappa shape index (κ1) is 16.0. The molecule has 0 saturated carbocycles. The fraction of sp³-hybridized carbons (Fsp3) is 0.600. The first-order valence-corrected chi connectivity index (χ1v) is 8.78. The molecular formula is C20H27NO3. The maximum absolute atomic E-state index is 6.51. The molecule has 2 aliphatic heterocycles. The fourth-order valence-corrected chi connectivity index (χ4v) is 4.85. The van der Waals surface area contributed by atoms with E-state index in [9.17, 15) is 0 Å². The molecule has 4 nitrogen and oxygen atoms in total. The lowest BCUT2D eigenvalue weighted by molar-refractivity contribution is 0.0478. The molecule has 2 heterocycles. The van der Waals surface area contributed by atoms with Crippen molar-refractivity contribution in [3.05, 3.63) is 34.4 Å². The van der Waals surface area contributed by atoms with Crippen molar-refractivity contribution >= 4 is 0 Å². The minimum absolute atomic E-state index is 0.0478. The Kier molecular flexibility index (Phi) is 3.66. The second-order valence-electron chi connectivity index (χ2n) is 7.56. The van der Waals surface area contributed by atoms with Crippen LogP contribution in [0.3, 0.4) is 0 Å². The highest BCUT2D eigenvalue weighted by Gasteiger charge is 2.54. The molecule has 0 N–H and O–H groups in total. The van der Waals surface area contributed by atoms with Gasteiger partial charge >= 0.3 is 0 Å². The van der Waals surface area contributed by atoms with Gasteiger partial charge in [-0.1, -0.05) is 6.08 Å². The van der Waals surface area contributed by atoms with Gasteiger partial charge in [-0.15, -0.1) is 0 Å². The van der Waals surface area contributed by atoms with Crippen molar-refractivity contribution < 1.29 is 14.2 Å². The van der Waals surface area contributed by atoms with Crippen LogP contribution in [0.5, 0.6) is 11.5 Å². The van der Waals surface area contributed by atoms with E-state index in [0.717, 1.165) is 37.4 Å². The van der Waals surface area contributed by atoms with Gasteiger partial charge in [0.25, 0.3) is 0 Å². The summed E-state index contributed by atoms with van der Waals surface area (Å²) in [5.74, 6) is 1.82. The molecule has 0 amide bonds. The minimum Gasteiger partial charge on any atom is -0.493 e. The van der Waals surface area contributed by atoms with Gasteiger partial charge in [-0.2, -0.15) is 0 Å². The van der Waals surface area contributed by atoms with E-state index in [0.29, 0.717) is 0 Å². The molecule has 1 spiro atoms. The molecule has 1 aliphatic carbocycles. The number of ether oxygens (including phenoxy) is 3. The first-order chi connectivity index (χ1) is 11.5. The maximum atomic E-state index is 6.51. The normalized spacial score (nSPS) is 31.6. The maximum Gasteiger partial charge on any atom is 0.166 e. The second-order valence-corrected chi connectivity index (χ2v) is 7.56. The van der Waals surface area contributed by atoms with Crippen LogP contribution in [0.1, 0.15) is 36.5 Å². The lowest BCUT2D eigenvalue weighted by atomic mass is 9.67. The van der Waals surface area contributed by atoms with E-state index in [1.54, 1.807) is 14.2 Å². The zero-order valence-electron chi connectivity index (χ0n) is 15.3. The Morgan fingerprint density at radius 1 is 1.29 bits per heavy atom. The molecule has 1 aromatic rings. The van der Waals surface area contributed by atoms with E-state index in [1.807, 2.05) is 0 Å². The van der Waals surface area contributed by atoms with Crippen LogP contribution < -0.4 is 9.47 Å². The highest BCUT2D eigenvalue weighted by Crippen LogP contribution is 2.57. The number of aryl methyl sites for hydroxylation is 1. The third-order valence-electron chi connectivity index (χ3n) is 6.14. The Labute approximate surface area is 144 Å². The van der Waals surface area contributed by atoms with Crippen LogP contribution in [0.15, 0.2) is 17.7 Å². The van der Waals surface area contributed by atoms with Gasteiger partial charge in [0.15, 0.2) is 11.5 Å². The highest BCUT2D eigenvalue weighted by molar-refractivity contribution is 5.63. The SMILES string of the molecule is COc1cc(C)c2c3c1OC1CC(OC)C(C)=CC31CCN(C)C2. The predicted octanol–water partition coefficient (Wildman–Crippen LogP) is 3.20. The van der Waals surface area contributed by atoms with Crippen molar-refractivity contribution in [3.8, 4) is 11.5 Å².